The van der Waals surface area contributed by atoms with Crippen molar-refractivity contribution >= 4 is 34.1 Å². The molecular weight excluding hydrogens is 336 g/mol. The molecule has 1 saturated carbocycles. The van der Waals surface area contributed by atoms with Gasteiger partial charge in [0.2, 0.25) is 5.91 Å². The highest BCUT2D eigenvalue weighted by atomic mass is 35.5. The maximum Gasteiger partial charge on any atom is 0.235 e. The molecule has 0 bridgehead atoms. The van der Waals surface area contributed by atoms with Crippen molar-refractivity contribution in [2.75, 3.05) is 12.4 Å². The van der Waals surface area contributed by atoms with Gasteiger partial charge in [-0.2, -0.15) is 0 Å². The predicted octanol–water partition coefficient (Wildman–Crippen LogP) is 4.81. The third kappa shape index (κ3) is 2.57. The normalized spacial score (nSPS) is 15.2. The molecule has 0 atom stereocenters. The Morgan fingerprint density at radius 3 is 2.80 bits per heavy atom. The lowest BCUT2D eigenvalue weighted by Crippen LogP contribution is -2.28. The second-order valence-corrected chi connectivity index (χ2v) is 6.97. The number of nitrogens with one attached hydrogen (secondary N) is 2. The number of ether oxygens (including phenoxy) is 1. The number of rotatable bonds is 4. The number of methoxy groups -OCH3 is 1. The first kappa shape index (κ1) is 16.0. The number of amides is 1. The third-order valence-electron chi connectivity index (χ3n) is 5.11. The predicted molar refractivity (Wildman–Crippen MR) is 101 cm³/mol. The van der Waals surface area contributed by atoms with E-state index < -0.39 is 5.41 Å². The fourth-order valence-electron chi connectivity index (χ4n) is 3.35. The van der Waals surface area contributed by atoms with Gasteiger partial charge in [-0.15, -0.1) is 0 Å². The molecule has 1 heterocycles. The molecule has 25 heavy (non-hydrogen) atoms. The van der Waals surface area contributed by atoms with Crippen LogP contribution in [0.5, 0.6) is 5.75 Å². The van der Waals surface area contributed by atoms with Crippen LogP contribution in [0.15, 0.2) is 42.6 Å². The Morgan fingerprint density at radius 1 is 1.28 bits per heavy atom. The lowest BCUT2D eigenvalue weighted by atomic mass is 9.94. The van der Waals surface area contributed by atoms with Gasteiger partial charge >= 0.3 is 0 Å². The molecule has 1 aliphatic carbocycles. The van der Waals surface area contributed by atoms with Crippen LogP contribution in [0, 0.1) is 6.92 Å². The summed E-state index contributed by atoms with van der Waals surface area (Å²) in [4.78, 5) is 16.3. The first-order chi connectivity index (χ1) is 12.0. The van der Waals surface area contributed by atoms with Gasteiger partial charge in [-0.3, -0.25) is 4.79 Å². The van der Waals surface area contributed by atoms with Gasteiger partial charge in [0.1, 0.15) is 5.75 Å². The van der Waals surface area contributed by atoms with E-state index in [1.165, 1.54) is 0 Å². The number of H-pyrrole nitrogens is 1. The fraction of sp³-hybridized carbons (Fsp3) is 0.250. The van der Waals surface area contributed by atoms with Crippen molar-refractivity contribution in [2.45, 2.75) is 25.2 Å². The molecule has 2 N–H and O–H groups in total. The summed E-state index contributed by atoms with van der Waals surface area (Å²) in [5.41, 5.74) is 3.20. The average Bonchev–Trinajstić information content (AvgIpc) is 3.32. The van der Waals surface area contributed by atoms with Gasteiger partial charge in [-0.1, -0.05) is 17.7 Å². The van der Waals surface area contributed by atoms with Gasteiger partial charge in [0.15, 0.2) is 0 Å². The van der Waals surface area contributed by atoms with E-state index in [1.807, 2.05) is 49.5 Å². The molecule has 1 amide bonds. The highest BCUT2D eigenvalue weighted by Gasteiger charge is 2.52. The summed E-state index contributed by atoms with van der Waals surface area (Å²) >= 11 is 6.17. The zero-order chi connectivity index (χ0) is 17.6. The molecule has 1 aromatic heterocycles. The summed E-state index contributed by atoms with van der Waals surface area (Å²) in [6.45, 7) is 1.91. The minimum atomic E-state index is -0.487. The molecule has 3 aromatic rings. The van der Waals surface area contributed by atoms with Crippen LogP contribution >= 0.6 is 11.6 Å². The van der Waals surface area contributed by atoms with Crippen LogP contribution in [-0.2, 0) is 10.2 Å². The quantitative estimate of drug-likeness (QED) is 0.706. The molecule has 0 unspecified atom stereocenters. The van der Waals surface area contributed by atoms with Crippen LogP contribution in [0.2, 0.25) is 5.02 Å². The number of hydrogen-bond donors (Lipinski definition) is 2. The van der Waals surface area contributed by atoms with Gasteiger partial charge < -0.3 is 15.0 Å². The van der Waals surface area contributed by atoms with Gasteiger partial charge in [-0.25, -0.2) is 0 Å². The Labute approximate surface area is 151 Å². The zero-order valence-corrected chi connectivity index (χ0v) is 14.9. The smallest absolute Gasteiger partial charge is 0.235 e. The van der Waals surface area contributed by atoms with Crippen LogP contribution in [-0.4, -0.2) is 18.0 Å². The molecule has 2 aromatic carbocycles. The Morgan fingerprint density at radius 2 is 2.08 bits per heavy atom. The number of halogens is 1. The molecule has 128 valence electrons. The molecule has 1 aliphatic rings. The van der Waals surface area contributed by atoms with Crippen molar-refractivity contribution in [3.63, 3.8) is 0 Å². The summed E-state index contributed by atoms with van der Waals surface area (Å²) < 4.78 is 5.34. The number of carbonyl (C=O) groups excluding carboxylic acids is 1. The van der Waals surface area contributed by atoms with Crippen LogP contribution in [0.1, 0.15) is 24.0 Å². The molecule has 4 nitrogen and oxygen atoms in total. The minimum absolute atomic E-state index is 0.0154. The number of anilines is 1. The van der Waals surface area contributed by atoms with E-state index in [0.717, 1.165) is 46.3 Å². The molecule has 4 rings (SSSR count). The van der Waals surface area contributed by atoms with Gasteiger partial charge in [0, 0.05) is 27.8 Å². The van der Waals surface area contributed by atoms with Crippen LogP contribution in [0.3, 0.4) is 0 Å². The average molecular weight is 355 g/mol. The van der Waals surface area contributed by atoms with Crippen LogP contribution < -0.4 is 10.1 Å². The molecule has 0 saturated heterocycles. The zero-order valence-electron chi connectivity index (χ0n) is 14.2. The van der Waals surface area contributed by atoms with E-state index >= 15 is 0 Å². The summed E-state index contributed by atoms with van der Waals surface area (Å²) in [5, 5.41) is 4.76. The van der Waals surface area contributed by atoms with E-state index in [2.05, 4.69) is 10.3 Å². The second-order valence-electron chi connectivity index (χ2n) is 6.56. The highest BCUT2D eigenvalue weighted by Crippen LogP contribution is 2.51. The van der Waals surface area contributed by atoms with Crippen LogP contribution in [0.25, 0.3) is 10.9 Å². The van der Waals surface area contributed by atoms with Crippen molar-refractivity contribution in [1.82, 2.24) is 4.98 Å². The monoisotopic (exact) mass is 354 g/mol. The molecule has 0 spiro atoms. The topological polar surface area (TPSA) is 54.1 Å². The number of hydrogen-bond acceptors (Lipinski definition) is 2. The third-order valence-corrected chi connectivity index (χ3v) is 5.51. The Balaban J connectivity index is 1.70. The van der Waals surface area contributed by atoms with Crippen molar-refractivity contribution in [3.05, 3.63) is 58.7 Å². The van der Waals surface area contributed by atoms with E-state index in [9.17, 15) is 4.79 Å². The molecule has 0 aliphatic heterocycles. The summed E-state index contributed by atoms with van der Waals surface area (Å²) in [6.07, 6.45) is 3.62. The highest BCUT2D eigenvalue weighted by molar-refractivity contribution is 6.31. The number of carbonyl (C=O) groups is 1. The number of benzene rings is 2. The maximum atomic E-state index is 13.1. The molecule has 0 radical (unpaired) electrons. The van der Waals surface area contributed by atoms with Gasteiger partial charge in [-0.05, 0) is 61.2 Å². The number of aromatic nitrogens is 1. The lowest BCUT2D eigenvalue weighted by molar-refractivity contribution is -0.118. The lowest BCUT2D eigenvalue weighted by Gasteiger charge is -2.17. The molecule has 1 fully saturated rings. The van der Waals surface area contributed by atoms with Crippen molar-refractivity contribution in [1.29, 1.82) is 0 Å². The van der Waals surface area contributed by atoms with E-state index in [4.69, 9.17) is 16.3 Å². The van der Waals surface area contributed by atoms with Gasteiger partial charge in [0.05, 0.1) is 12.5 Å². The maximum absolute atomic E-state index is 13.1. The largest absolute Gasteiger partial charge is 0.497 e. The summed E-state index contributed by atoms with van der Waals surface area (Å²) in [7, 11) is 1.65. The standard InChI is InChI=1S/C20H19ClN2O2/c1-12-16(21)4-3-5-17(12)23-19(24)20(8-9-20)15-11-22-18-7-6-13(25-2)10-14(15)18/h3-7,10-11,22H,8-9H2,1-2H3,(H,23,24). The first-order valence-corrected chi connectivity index (χ1v) is 8.65. The molecule has 5 heteroatoms. The summed E-state index contributed by atoms with van der Waals surface area (Å²) in [5.74, 6) is 0.803. The van der Waals surface area contributed by atoms with E-state index in [-0.39, 0.29) is 5.91 Å². The van der Waals surface area contributed by atoms with E-state index in [0.29, 0.717) is 5.02 Å². The number of fused-ring (bicyclic) bond motifs is 1. The summed E-state index contributed by atoms with van der Waals surface area (Å²) in [6, 6.07) is 11.4. The Hall–Kier alpha value is -2.46. The van der Waals surface area contributed by atoms with Crippen LogP contribution in [0.4, 0.5) is 5.69 Å². The van der Waals surface area contributed by atoms with E-state index in [1.54, 1.807) is 7.11 Å². The Bertz CT molecular complexity index is 973. The fourth-order valence-corrected chi connectivity index (χ4v) is 3.53. The minimum Gasteiger partial charge on any atom is -0.497 e. The SMILES string of the molecule is COc1ccc2[nH]cc(C3(C(=O)Nc4cccc(Cl)c4C)CC3)c2c1. The number of aromatic amines is 1. The first-order valence-electron chi connectivity index (χ1n) is 8.27. The van der Waals surface area contributed by atoms with Crippen molar-refractivity contribution in [2.24, 2.45) is 0 Å². The van der Waals surface area contributed by atoms with Crippen molar-refractivity contribution < 1.29 is 9.53 Å². The van der Waals surface area contributed by atoms with Gasteiger partial charge in [0.25, 0.3) is 0 Å². The second kappa shape index (κ2) is 5.81. The molecular formula is C20H19ClN2O2. The van der Waals surface area contributed by atoms with Crippen molar-refractivity contribution in [3.8, 4) is 5.75 Å². The Kier molecular flexibility index (Phi) is 3.73.